The molecule has 170 valence electrons. The van der Waals surface area contributed by atoms with E-state index in [1.54, 1.807) is 11.0 Å². The number of carboxylic acids is 1. The number of carboxylic acid groups (broad SMARTS) is 1. The van der Waals surface area contributed by atoms with Crippen molar-refractivity contribution in [3.63, 3.8) is 0 Å². The van der Waals surface area contributed by atoms with Gasteiger partial charge in [-0.1, -0.05) is 11.6 Å². The second-order valence-electron chi connectivity index (χ2n) is 6.85. The zero-order valence-corrected chi connectivity index (χ0v) is 18.9. The first-order valence-corrected chi connectivity index (χ1v) is 11.3. The Morgan fingerprint density at radius 1 is 1.22 bits per heavy atom. The van der Waals surface area contributed by atoms with Gasteiger partial charge in [-0.3, -0.25) is 9.52 Å². The third-order valence-corrected chi connectivity index (χ3v) is 6.43. The predicted octanol–water partition coefficient (Wildman–Crippen LogP) is 3.38. The van der Waals surface area contributed by atoms with Crippen molar-refractivity contribution in [2.24, 2.45) is 0 Å². The van der Waals surface area contributed by atoms with Gasteiger partial charge in [-0.15, -0.1) is 0 Å². The van der Waals surface area contributed by atoms with Crippen molar-refractivity contribution in [3.8, 4) is 11.5 Å². The van der Waals surface area contributed by atoms with E-state index in [2.05, 4.69) is 4.72 Å². The van der Waals surface area contributed by atoms with Crippen LogP contribution in [0.15, 0.2) is 41.3 Å². The molecule has 2 N–H and O–H groups in total. The molecule has 1 saturated heterocycles. The van der Waals surface area contributed by atoms with Crippen LogP contribution in [0.3, 0.4) is 0 Å². The Bertz CT molecular complexity index is 1190. The van der Waals surface area contributed by atoms with Crippen LogP contribution in [0.25, 0.3) is 6.08 Å². The van der Waals surface area contributed by atoms with Crippen LogP contribution in [0.4, 0.5) is 11.4 Å². The summed E-state index contributed by atoms with van der Waals surface area (Å²) in [4.78, 5) is 24.1. The molecule has 0 bridgehead atoms. The van der Waals surface area contributed by atoms with Crippen molar-refractivity contribution in [1.82, 2.24) is 0 Å². The Labute approximate surface area is 190 Å². The first-order valence-electron chi connectivity index (χ1n) is 9.46. The van der Waals surface area contributed by atoms with Gasteiger partial charge in [-0.25, -0.2) is 13.2 Å². The van der Waals surface area contributed by atoms with E-state index in [1.165, 1.54) is 44.6 Å². The number of rotatable bonds is 8. The molecule has 2 aromatic carbocycles. The average molecular weight is 481 g/mol. The quantitative estimate of drug-likeness (QED) is 0.555. The fraction of sp³-hybridized carbons (Fsp3) is 0.238. The largest absolute Gasteiger partial charge is 0.493 e. The number of benzene rings is 2. The maximum Gasteiger partial charge on any atom is 0.328 e. The van der Waals surface area contributed by atoms with Crippen LogP contribution in [0, 0.1) is 0 Å². The van der Waals surface area contributed by atoms with E-state index in [4.69, 9.17) is 26.2 Å². The van der Waals surface area contributed by atoms with Gasteiger partial charge >= 0.3 is 5.97 Å². The summed E-state index contributed by atoms with van der Waals surface area (Å²) in [6, 6.07) is 7.21. The predicted molar refractivity (Wildman–Crippen MR) is 120 cm³/mol. The summed E-state index contributed by atoms with van der Waals surface area (Å²) in [6.45, 7) is 0.553. The number of carbonyl (C=O) groups excluding carboxylic acids is 1. The molecule has 1 aliphatic rings. The number of hydrogen-bond acceptors (Lipinski definition) is 6. The highest BCUT2D eigenvalue weighted by molar-refractivity contribution is 7.92. The second kappa shape index (κ2) is 9.49. The van der Waals surface area contributed by atoms with Gasteiger partial charge in [0.05, 0.1) is 30.6 Å². The van der Waals surface area contributed by atoms with Gasteiger partial charge < -0.3 is 19.5 Å². The maximum absolute atomic E-state index is 13.1. The lowest BCUT2D eigenvalue weighted by Gasteiger charge is -2.19. The molecule has 3 rings (SSSR count). The van der Waals surface area contributed by atoms with Gasteiger partial charge in [0.1, 0.15) is 4.90 Å². The van der Waals surface area contributed by atoms with E-state index < -0.39 is 16.0 Å². The molecular formula is C21H21ClN2O7S. The van der Waals surface area contributed by atoms with E-state index in [-0.39, 0.29) is 38.6 Å². The minimum Gasteiger partial charge on any atom is -0.493 e. The zero-order chi connectivity index (χ0) is 23.5. The molecule has 2 aromatic rings. The molecule has 0 unspecified atom stereocenters. The Kier molecular flexibility index (Phi) is 6.95. The van der Waals surface area contributed by atoms with Crippen LogP contribution >= 0.6 is 11.6 Å². The average Bonchev–Trinajstić information content (AvgIpc) is 3.16. The second-order valence-corrected chi connectivity index (χ2v) is 8.90. The van der Waals surface area contributed by atoms with Gasteiger partial charge in [-0.05, 0) is 48.4 Å². The van der Waals surface area contributed by atoms with Gasteiger partial charge in [0.25, 0.3) is 10.0 Å². The van der Waals surface area contributed by atoms with E-state index in [0.29, 0.717) is 18.7 Å². The topological polar surface area (TPSA) is 122 Å². The first kappa shape index (κ1) is 23.4. The summed E-state index contributed by atoms with van der Waals surface area (Å²) >= 11 is 6.31. The maximum atomic E-state index is 13.1. The molecule has 0 saturated carbocycles. The van der Waals surface area contributed by atoms with E-state index in [9.17, 15) is 18.0 Å². The van der Waals surface area contributed by atoms with Gasteiger partial charge in [0.2, 0.25) is 5.91 Å². The summed E-state index contributed by atoms with van der Waals surface area (Å²) in [5, 5.41) is 9.08. The normalized spacial score (nSPS) is 14.1. The molecule has 0 atom stereocenters. The number of amides is 1. The van der Waals surface area contributed by atoms with E-state index in [0.717, 1.165) is 12.5 Å². The Hall–Kier alpha value is -3.24. The van der Waals surface area contributed by atoms with Crippen molar-refractivity contribution < 1.29 is 32.6 Å². The fourth-order valence-corrected chi connectivity index (χ4v) is 4.86. The summed E-state index contributed by atoms with van der Waals surface area (Å²) in [5.41, 5.74) is 0.974. The number of nitrogens with one attached hydrogen (secondary N) is 1. The SMILES string of the molecule is COc1cc(/C=C/C(=O)O)cc(S(=O)(=O)Nc2ccc(N3CCCC3=O)c(Cl)c2)c1OC. The highest BCUT2D eigenvalue weighted by Crippen LogP contribution is 2.38. The highest BCUT2D eigenvalue weighted by Gasteiger charge is 2.26. The number of hydrogen-bond donors (Lipinski definition) is 2. The van der Waals surface area contributed by atoms with E-state index >= 15 is 0 Å². The van der Waals surface area contributed by atoms with Gasteiger partial charge in [-0.2, -0.15) is 0 Å². The van der Waals surface area contributed by atoms with Crippen molar-refractivity contribution >= 4 is 51.0 Å². The van der Waals surface area contributed by atoms with Crippen molar-refractivity contribution in [2.75, 3.05) is 30.4 Å². The number of anilines is 2. The lowest BCUT2D eigenvalue weighted by atomic mass is 10.2. The number of nitrogens with zero attached hydrogens (tertiary/aromatic N) is 1. The Morgan fingerprint density at radius 2 is 1.97 bits per heavy atom. The van der Waals surface area contributed by atoms with Crippen LogP contribution < -0.4 is 19.1 Å². The minimum atomic E-state index is -4.18. The van der Waals surface area contributed by atoms with Crippen molar-refractivity contribution in [2.45, 2.75) is 17.7 Å². The molecular weight excluding hydrogens is 460 g/mol. The summed E-state index contributed by atoms with van der Waals surface area (Å²) in [5.74, 6) is -1.16. The molecule has 0 aliphatic carbocycles. The molecule has 11 heteroatoms. The molecule has 0 aromatic heterocycles. The Morgan fingerprint density at radius 3 is 2.53 bits per heavy atom. The molecule has 9 nitrogen and oxygen atoms in total. The number of methoxy groups -OCH3 is 2. The van der Waals surface area contributed by atoms with Crippen LogP contribution in [0.5, 0.6) is 11.5 Å². The number of aliphatic carboxylic acids is 1. The summed E-state index contributed by atoms with van der Waals surface area (Å²) in [7, 11) is -1.55. The highest BCUT2D eigenvalue weighted by atomic mass is 35.5. The minimum absolute atomic E-state index is 0.0386. The Balaban J connectivity index is 1.98. The zero-order valence-electron chi connectivity index (χ0n) is 17.3. The monoisotopic (exact) mass is 480 g/mol. The van der Waals surface area contributed by atoms with Gasteiger partial charge in [0.15, 0.2) is 11.5 Å². The number of halogens is 1. The third kappa shape index (κ3) is 4.97. The van der Waals surface area contributed by atoms with Crippen molar-refractivity contribution in [1.29, 1.82) is 0 Å². The molecule has 0 radical (unpaired) electrons. The lowest BCUT2D eigenvalue weighted by Crippen LogP contribution is -2.24. The molecule has 1 aliphatic heterocycles. The van der Waals surface area contributed by atoms with Gasteiger partial charge in [0, 0.05) is 19.0 Å². The number of ether oxygens (including phenoxy) is 2. The number of sulfonamides is 1. The fourth-order valence-electron chi connectivity index (χ4n) is 3.32. The van der Waals surface area contributed by atoms with Crippen molar-refractivity contribution in [3.05, 3.63) is 47.0 Å². The standard InChI is InChI=1S/C21H21ClN2O7S/c1-30-17-10-13(5-8-20(26)27)11-18(21(17)31-2)32(28,29)23-14-6-7-16(15(22)12-14)24-9-3-4-19(24)25/h5-8,10-12,23H,3-4,9H2,1-2H3,(H,26,27)/b8-5+. The lowest BCUT2D eigenvalue weighted by molar-refractivity contribution is -0.131. The molecule has 0 spiro atoms. The summed E-state index contributed by atoms with van der Waals surface area (Å²) in [6.07, 6.45) is 3.29. The van der Waals surface area contributed by atoms with Crippen LogP contribution in [-0.4, -0.2) is 46.2 Å². The number of carbonyl (C=O) groups is 2. The van der Waals surface area contributed by atoms with Crippen LogP contribution in [-0.2, 0) is 19.6 Å². The van der Waals surface area contributed by atoms with Crippen LogP contribution in [0.2, 0.25) is 5.02 Å². The third-order valence-electron chi connectivity index (χ3n) is 4.74. The molecule has 1 fully saturated rings. The molecule has 32 heavy (non-hydrogen) atoms. The molecule has 1 heterocycles. The smallest absolute Gasteiger partial charge is 0.328 e. The molecule has 1 amide bonds. The van der Waals surface area contributed by atoms with E-state index in [1.807, 2.05) is 0 Å². The van der Waals surface area contributed by atoms with Crippen LogP contribution in [0.1, 0.15) is 18.4 Å². The first-order chi connectivity index (χ1) is 15.2. The summed E-state index contributed by atoms with van der Waals surface area (Å²) < 4.78 is 39.2.